The predicted molar refractivity (Wildman–Crippen MR) is 75.1 cm³/mol. The van der Waals surface area contributed by atoms with Gasteiger partial charge in [0.2, 0.25) is 5.91 Å². The zero-order valence-corrected chi connectivity index (χ0v) is 12.8. The van der Waals surface area contributed by atoms with Gasteiger partial charge < -0.3 is 9.64 Å². The Labute approximate surface area is 120 Å². The third-order valence-electron chi connectivity index (χ3n) is 5.25. The number of hydrogen-bond donors (Lipinski definition) is 0. The number of morpholine rings is 1. The summed E-state index contributed by atoms with van der Waals surface area (Å²) in [6.45, 7) is 1.07. The molecule has 3 fully saturated rings. The summed E-state index contributed by atoms with van der Waals surface area (Å²) < 4.78 is 28.8. The molecule has 1 saturated heterocycles. The molecule has 3 aliphatic rings. The van der Waals surface area contributed by atoms with Crippen LogP contribution in [0.3, 0.4) is 0 Å². The highest BCUT2D eigenvalue weighted by Crippen LogP contribution is 2.42. The van der Waals surface area contributed by atoms with E-state index < -0.39 is 14.6 Å². The molecule has 0 aromatic carbocycles. The lowest BCUT2D eigenvalue weighted by Crippen LogP contribution is -2.64. The molecule has 2 aliphatic carbocycles. The number of nitrogens with zero attached hydrogens (tertiary/aromatic N) is 1. The van der Waals surface area contributed by atoms with Crippen LogP contribution in [0.4, 0.5) is 0 Å². The number of carbonyl (C=O) groups excluding carboxylic acids is 1. The van der Waals surface area contributed by atoms with Crippen LogP contribution in [-0.4, -0.2) is 55.5 Å². The van der Waals surface area contributed by atoms with Crippen molar-refractivity contribution in [2.45, 2.75) is 61.8 Å². The Balaban J connectivity index is 1.85. The van der Waals surface area contributed by atoms with Gasteiger partial charge in [0.1, 0.15) is 0 Å². The van der Waals surface area contributed by atoms with Crippen molar-refractivity contribution in [1.82, 2.24) is 4.90 Å². The minimum Gasteiger partial charge on any atom is -0.374 e. The van der Waals surface area contributed by atoms with Gasteiger partial charge >= 0.3 is 0 Å². The van der Waals surface area contributed by atoms with E-state index >= 15 is 0 Å². The molecule has 0 N–H and O–H groups in total. The summed E-state index contributed by atoms with van der Waals surface area (Å²) in [4.78, 5) is 14.7. The first-order valence-corrected chi connectivity index (χ1v) is 9.47. The van der Waals surface area contributed by atoms with Crippen LogP contribution in [0.15, 0.2) is 0 Å². The standard InChI is InChI=1S/C14H23NO4S/c1-20(17,18)14(7-4-8-14)13(16)15-9-10-19-12-6-3-2-5-11(12)15/h11-12H,2-10H2,1H3/t11-,12+/m1/s1. The molecule has 2 saturated carbocycles. The van der Waals surface area contributed by atoms with Gasteiger partial charge in [-0.15, -0.1) is 0 Å². The first kappa shape index (κ1) is 14.3. The molecule has 0 radical (unpaired) electrons. The molecule has 0 bridgehead atoms. The largest absolute Gasteiger partial charge is 0.374 e. The Morgan fingerprint density at radius 3 is 2.50 bits per heavy atom. The smallest absolute Gasteiger partial charge is 0.244 e. The quantitative estimate of drug-likeness (QED) is 0.767. The van der Waals surface area contributed by atoms with Crippen LogP contribution in [-0.2, 0) is 19.4 Å². The van der Waals surface area contributed by atoms with Crippen LogP contribution in [0, 0.1) is 0 Å². The van der Waals surface area contributed by atoms with E-state index in [1.807, 2.05) is 4.90 Å². The summed E-state index contributed by atoms with van der Waals surface area (Å²) >= 11 is 0. The van der Waals surface area contributed by atoms with Crippen LogP contribution in [0.5, 0.6) is 0 Å². The monoisotopic (exact) mass is 301 g/mol. The van der Waals surface area contributed by atoms with Crippen molar-refractivity contribution in [3.63, 3.8) is 0 Å². The van der Waals surface area contributed by atoms with Crippen molar-refractivity contribution >= 4 is 15.7 Å². The lowest BCUT2D eigenvalue weighted by molar-refractivity contribution is -0.154. The summed E-state index contributed by atoms with van der Waals surface area (Å²) in [5.74, 6) is -0.161. The first-order valence-electron chi connectivity index (χ1n) is 7.58. The predicted octanol–water partition coefficient (Wildman–Crippen LogP) is 1.12. The lowest BCUT2D eigenvalue weighted by atomic mass is 9.81. The van der Waals surface area contributed by atoms with Gasteiger partial charge in [-0.1, -0.05) is 12.8 Å². The Hall–Kier alpha value is -0.620. The molecule has 3 rings (SSSR count). The van der Waals surface area contributed by atoms with Gasteiger partial charge in [-0.05, 0) is 32.1 Å². The lowest BCUT2D eigenvalue weighted by Gasteiger charge is -2.49. The van der Waals surface area contributed by atoms with Gasteiger partial charge in [0.15, 0.2) is 14.6 Å². The molecule has 0 aromatic rings. The third-order valence-corrected chi connectivity index (χ3v) is 7.26. The van der Waals surface area contributed by atoms with E-state index in [4.69, 9.17) is 4.74 Å². The number of rotatable bonds is 2. The molecule has 20 heavy (non-hydrogen) atoms. The van der Waals surface area contributed by atoms with Crippen molar-refractivity contribution in [3.05, 3.63) is 0 Å². The Bertz CT molecular complexity index is 495. The molecule has 6 heteroatoms. The van der Waals surface area contributed by atoms with Gasteiger partial charge in [-0.3, -0.25) is 4.79 Å². The number of fused-ring (bicyclic) bond motifs is 1. The summed E-state index contributed by atoms with van der Waals surface area (Å²) in [5, 5.41) is 0. The van der Waals surface area contributed by atoms with Gasteiger partial charge in [0, 0.05) is 12.8 Å². The SMILES string of the molecule is CS(=O)(=O)C1(C(=O)N2CCO[C@H]3CCCC[C@H]32)CCC1. The number of amides is 1. The van der Waals surface area contributed by atoms with Crippen molar-refractivity contribution in [1.29, 1.82) is 0 Å². The van der Waals surface area contributed by atoms with Crippen LogP contribution in [0.1, 0.15) is 44.9 Å². The maximum absolute atomic E-state index is 12.9. The molecule has 0 spiro atoms. The second kappa shape index (κ2) is 4.98. The summed E-state index contributed by atoms with van der Waals surface area (Å²) in [7, 11) is -3.35. The first-order chi connectivity index (χ1) is 9.46. The second-order valence-corrected chi connectivity index (χ2v) is 8.71. The zero-order chi connectivity index (χ0) is 14.4. The van der Waals surface area contributed by atoms with Crippen LogP contribution in [0.2, 0.25) is 0 Å². The highest BCUT2D eigenvalue weighted by Gasteiger charge is 2.56. The zero-order valence-electron chi connectivity index (χ0n) is 12.0. The molecule has 0 aromatic heterocycles. The Kier molecular flexibility index (Phi) is 3.57. The highest BCUT2D eigenvalue weighted by molar-refractivity contribution is 7.93. The summed E-state index contributed by atoms with van der Waals surface area (Å²) in [6.07, 6.45) is 7.29. The maximum atomic E-state index is 12.9. The topological polar surface area (TPSA) is 63.7 Å². The fraction of sp³-hybridized carbons (Fsp3) is 0.929. The molecular weight excluding hydrogens is 278 g/mol. The third kappa shape index (κ3) is 2.08. The number of hydrogen-bond acceptors (Lipinski definition) is 4. The van der Waals surface area contributed by atoms with E-state index in [1.165, 1.54) is 6.26 Å². The average Bonchev–Trinajstić information content (AvgIpc) is 2.34. The van der Waals surface area contributed by atoms with Crippen LogP contribution < -0.4 is 0 Å². The molecule has 1 amide bonds. The summed E-state index contributed by atoms with van der Waals surface area (Å²) in [5.41, 5.74) is 0. The molecule has 1 aliphatic heterocycles. The fourth-order valence-electron chi connectivity index (χ4n) is 3.85. The minimum atomic E-state index is -3.35. The number of ether oxygens (including phenoxy) is 1. The van der Waals surface area contributed by atoms with Gasteiger partial charge in [0.25, 0.3) is 0 Å². The fourth-order valence-corrected chi connectivity index (χ4v) is 5.32. The van der Waals surface area contributed by atoms with E-state index in [0.29, 0.717) is 26.0 Å². The van der Waals surface area contributed by atoms with E-state index in [9.17, 15) is 13.2 Å². The maximum Gasteiger partial charge on any atom is 0.244 e. The van der Waals surface area contributed by atoms with Crippen molar-refractivity contribution in [3.8, 4) is 0 Å². The van der Waals surface area contributed by atoms with E-state index in [1.54, 1.807) is 0 Å². The van der Waals surface area contributed by atoms with Crippen molar-refractivity contribution < 1.29 is 17.9 Å². The van der Waals surface area contributed by atoms with E-state index in [2.05, 4.69) is 0 Å². The van der Waals surface area contributed by atoms with Gasteiger partial charge in [-0.25, -0.2) is 8.42 Å². The van der Waals surface area contributed by atoms with Crippen LogP contribution >= 0.6 is 0 Å². The van der Waals surface area contributed by atoms with E-state index in [0.717, 1.165) is 32.1 Å². The molecule has 5 nitrogen and oxygen atoms in total. The molecule has 2 atom stereocenters. The van der Waals surface area contributed by atoms with Gasteiger partial charge in [0.05, 0.1) is 18.8 Å². The van der Waals surface area contributed by atoms with Gasteiger partial charge in [-0.2, -0.15) is 0 Å². The van der Waals surface area contributed by atoms with Crippen molar-refractivity contribution in [2.24, 2.45) is 0 Å². The molecule has 0 unspecified atom stereocenters. The Morgan fingerprint density at radius 1 is 1.20 bits per heavy atom. The summed E-state index contributed by atoms with van der Waals surface area (Å²) in [6, 6.07) is 0.0872. The normalized spacial score (nSPS) is 33.1. The second-order valence-electron chi connectivity index (χ2n) is 6.38. The number of sulfone groups is 1. The minimum absolute atomic E-state index is 0.0872. The highest BCUT2D eigenvalue weighted by atomic mass is 32.2. The van der Waals surface area contributed by atoms with Crippen molar-refractivity contribution in [2.75, 3.05) is 19.4 Å². The molecule has 114 valence electrons. The molecular formula is C14H23NO4S. The van der Waals surface area contributed by atoms with E-state index in [-0.39, 0.29) is 18.1 Å². The number of carbonyl (C=O) groups is 1. The average molecular weight is 301 g/mol. The van der Waals surface area contributed by atoms with Crippen LogP contribution in [0.25, 0.3) is 0 Å². The Morgan fingerprint density at radius 2 is 1.90 bits per heavy atom. The molecule has 1 heterocycles.